The van der Waals surface area contributed by atoms with Crippen molar-refractivity contribution in [3.8, 4) is 5.75 Å². The molecule has 1 aliphatic rings. The summed E-state index contributed by atoms with van der Waals surface area (Å²) < 4.78 is 6.23. The molecular weight excluding hydrogens is 270 g/mol. The minimum atomic E-state index is 0.335. The zero-order valence-corrected chi connectivity index (χ0v) is 13.8. The van der Waals surface area contributed by atoms with Gasteiger partial charge in [-0.2, -0.15) is 0 Å². The highest BCUT2D eigenvalue weighted by Crippen LogP contribution is 2.26. The summed E-state index contributed by atoms with van der Waals surface area (Å²) in [5.41, 5.74) is 5.32. The Morgan fingerprint density at radius 1 is 0.909 bits per heavy atom. The molecule has 1 fully saturated rings. The highest BCUT2D eigenvalue weighted by atomic mass is 16.5. The van der Waals surface area contributed by atoms with Gasteiger partial charge in [-0.3, -0.25) is 0 Å². The molecule has 0 unspecified atom stereocenters. The molecule has 116 valence electrons. The van der Waals surface area contributed by atoms with Gasteiger partial charge < -0.3 is 9.64 Å². The van der Waals surface area contributed by atoms with Crippen LogP contribution in [0.4, 0.5) is 5.69 Å². The Hall–Kier alpha value is -1.96. The lowest BCUT2D eigenvalue weighted by Gasteiger charge is -2.33. The predicted molar refractivity (Wildman–Crippen MR) is 93.0 cm³/mol. The number of ether oxygens (including phenoxy) is 1. The molecule has 1 aliphatic heterocycles. The summed E-state index contributed by atoms with van der Waals surface area (Å²) in [5, 5.41) is 0. The first-order chi connectivity index (χ1) is 10.6. The Labute approximate surface area is 133 Å². The fourth-order valence-electron chi connectivity index (χ4n) is 3.13. The predicted octanol–water partition coefficient (Wildman–Crippen LogP) is 4.66. The van der Waals surface area contributed by atoms with Crippen LogP contribution in [-0.2, 0) is 0 Å². The standard InChI is InChI=1S/C20H25NO/c1-15-13-20(14-16(2)17(15)3)22-19-9-11-21(12-10-19)18-7-5-4-6-8-18/h4-8,13-14,19H,9-12H2,1-3H3. The van der Waals surface area contributed by atoms with Crippen LogP contribution >= 0.6 is 0 Å². The molecule has 1 saturated heterocycles. The molecule has 2 aromatic carbocycles. The highest BCUT2D eigenvalue weighted by molar-refractivity contribution is 5.46. The second kappa shape index (κ2) is 6.43. The van der Waals surface area contributed by atoms with Crippen molar-refractivity contribution in [2.45, 2.75) is 39.7 Å². The van der Waals surface area contributed by atoms with Gasteiger partial charge in [0.2, 0.25) is 0 Å². The molecule has 1 heterocycles. The van der Waals surface area contributed by atoms with E-state index in [9.17, 15) is 0 Å². The topological polar surface area (TPSA) is 12.5 Å². The lowest BCUT2D eigenvalue weighted by atomic mass is 10.0. The highest BCUT2D eigenvalue weighted by Gasteiger charge is 2.20. The minimum absolute atomic E-state index is 0.335. The van der Waals surface area contributed by atoms with E-state index in [2.05, 4.69) is 68.1 Å². The van der Waals surface area contributed by atoms with Crippen molar-refractivity contribution in [3.63, 3.8) is 0 Å². The van der Waals surface area contributed by atoms with E-state index in [-0.39, 0.29) is 0 Å². The number of nitrogens with zero attached hydrogens (tertiary/aromatic N) is 1. The molecule has 0 bridgehead atoms. The van der Waals surface area contributed by atoms with Gasteiger partial charge in [0.15, 0.2) is 0 Å². The number of hydrogen-bond acceptors (Lipinski definition) is 2. The molecule has 0 spiro atoms. The number of para-hydroxylation sites is 1. The Kier molecular flexibility index (Phi) is 4.37. The van der Waals surface area contributed by atoms with Gasteiger partial charge in [0.05, 0.1) is 0 Å². The largest absolute Gasteiger partial charge is 0.490 e. The van der Waals surface area contributed by atoms with Crippen molar-refractivity contribution in [1.82, 2.24) is 0 Å². The van der Waals surface area contributed by atoms with Crippen LogP contribution < -0.4 is 9.64 Å². The Morgan fingerprint density at radius 3 is 2.09 bits per heavy atom. The lowest BCUT2D eigenvalue weighted by molar-refractivity contribution is 0.170. The van der Waals surface area contributed by atoms with E-state index in [0.29, 0.717) is 6.10 Å². The molecule has 0 aliphatic carbocycles. The number of benzene rings is 2. The van der Waals surface area contributed by atoms with Crippen molar-refractivity contribution in [2.24, 2.45) is 0 Å². The normalized spacial score (nSPS) is 15.9. The van der Waals surface area contributed by atoms with Crippen molar-refractivity contribution < 1.29 is 4.74 Å². The summed E-state index contributed by atoms with van der Waals surface area (Å²) in [7, 11) is 0. The molecule has 0 N–H and O–H groups in total. The molecule has 22 heavy (non-hydrogen) atoms. The summed E-state index contributed by atoms with van der Waals surface area (Å²) in [6, 6.07) is 15.0. The van der Waals surface area contributed by atoms with Crippen molar-refractivity contribution in [2.75, 3.05) is 18.0 Å². The molecule has 0 atom stereocenters. The number of aryl methyl sites for hydroxylation is 2. The zero-order valence-electron chi connectivity index (χ0n) is 13.8. The van der Waals surface area contributed by atoms with E-state index in [4.69, 9.17) is 4.74 Å². The van der Waals surface area contributed by atoms with Crippen LogP contribution in [0, 0.1) is 20.8 Å². The second-order valence-corrected chi connectivity index (χ2v) is 6.32. The fraction of sp³-hybridized carbons (Fsp3) is 0.400. The van der Waals surface area contributed by atoms with Crippen LogP contribution in [0.25, 0.3) is 0 Å². The van der Waals surface area contributed by atoms with Crippen molar-refractivity contribution >= 4 is 5.69 Å². The first kappa shape index (κ1) is 15.0. The summed E-state index contributed by atoms with van der Waals surface area (Å²) in [4.78, 5) is 2.45. The average molecular weight is 295 g/mol. The molecule has 0 amide bonds. The summed E-state index contributed by atoms with van der Waals surface area (Å²) in [6.45, 7) is 8.63. The van der Waals surface area contributed by atoms with Gasteiger partial charge in [-0.05, 0) is 61.7 Å². The van der Waals surface area contributed by atoms with E-state index >= 15 is 0 Å². The van der Waals surface area contributed by atoms with Gasteiger partial charge in [0.1, 0.15) is 11.9 Å². The van der Waals surface area contributed by atoms with Crippen molar-refractivity contribution in [1.29, 1.82) is 0 Å². The van der Waals surface area contributed by atoms with Gasteiger partial charge in [-0.15, -0.1) is 0 Å². The monoisotopic (exact) mass is 295 g/mol. The van der Waals surface area contributed by atoms with E-state index in [1.54, 1.807) is 0 Å². The van der Waals surface area contributed by atoms with Gasteiger partial charge in [0.25, 0.3) is 0 Å². The van der Waals surface area contributed by atoms with E-state index < -0.39 is 0 Å². The quantitative estimate of drug-likeness (QED) is 0.816. The summed E-state index contributed by atoms with van der Waals surface area (Å²) in [5.74, 6) is 1.03. The smallest absolute Gasteiger partial charge is 0.120 e. The number of hydrogen-bond donors (Lipinski definition) is 0. The summed E-state index contributed by atoms with van der Waals surface area (Å²) >= 11 is 0. The fourth-order valence-corrected chi connectivity index (χ4v) is 3.13. The summed E-state index contributed by atoms with van der Waals surface area (Å²) in [6.07, 6.45) is 2.50. The van der Waals surface area contributed by atoms with Crippen LogP contribution in [0.3, 0.4) is 0 Å². The first-order valence-corrected chi connectivity index (χ1v) is 8.18. The molecule has 3 rings (SSSR count). The van der Waals surface area contributed by atoms with Gasteiger partial charge in [-0.1, -0.05) is 18.2 Å². The molecule has 2 aromatic rings. The van der Waals surface area contributed by atoms with Crippen LogP contribution in [0.15, 0.2) is 42.5 Å². The number of rotatable bonds is 3. The maximum absolute atomic E-state index is 6.23. The lowest BCUT2D eigenvalue weighted by Crippen LogP contribution is -2.38. The van der Waals surface area contributed by atoms with Gasteiger partial charge in [-0.25, -0.2) is 0 Å². The maximum atomic E-state index is 6.23. The van der Waals surface area contributed by atoms with E-state index in [1.807, 2.05) is 0 Å². The molecule has 2 heteroatoms. The van der Waals surface area contributed by atoms with Crippen LogP contribution in [0.5, 0.6) is 5.75 Å². The Bertz CT molecular complexity index is 604. The van der Waals surface area contributed by atoms with Gasteiger partial charge >= 0.3 is 0 Å². The number of anilines is 1. The molecule has 0 aromatic heterocycles. The third-order valence-electron chi connectivity index (χ3n) is 4.77. The van der Waals surface area contributed by atoms with Crippen LogP contribution in [-0.4, -0.2) is 19.2 Å². The average Bonchev–Trinajstić information content (AvgIpc) is 2.54. The Balaban J connectivity index is 1.60. The maximum Gasteiger partial charge on any atom is 0.120 e. The second-order valence-electron chi connectivity index (χ2n) is 6.32. The van der Waals surface area contributed by atoms with Gasteiger partial charge in [0, 0.05) is 31.6 Å². The van der Waals surface area contributed by atoms with Crippen LogP contribution in [0.1, 0.15) is 29.5 Å². The van der Waals surface area contributed by atoms with Crippen molar-refractivity contribution in [3.05, 3.63) is 59.2 Å². The third-order valence-corrected chi connectivity index (χ3v) is 4.77. The van der Waals surface area contributed by atoms with E-state index in [0.717, 1.165) is 31.7 Å². The molecular formula is C20H25NO. The Morgan fingerprint density at radius 2 is 1.50 bits per heavy atom. The minimum Gasteiger partial charge on any atom is -0.490 e. The molecule has 2 nitrogen and oxygen atoms in total. The molecule has 0 radical (unpaired) electrons. The third kappa shape index (κ3) is 3.27. The van der Waals surface area contributed by atoms with Crippen LogP contribution in [0.2, 0.25) is 0 Å². The first-order valence-electron chi connectivity index (χ1n) is 8.18. The zero-order chi connectivity index (χ0) is 15.5. The van der Waals surface area contributed by atoms with E-state index in [1.165, 1.54) is 22.4 Å². The molecule has 0 saturated carbocycles. The SMILES string of the molecule is Cc1cc(OC2CCN(c3ccccc3)CC2)cc(C)c1C. The number of piperidine rings is 1.